The first-order chi connectivity index (χ1) is 9.95. The summed E-state index contributed by atoms with van der Waals surface area (Å²) >= 11 is 5.87. The van der Waals surface area contributed by atoms with Crippen molar-refractivity contribution in [1.29, 1.82) is 0 Å². The number of nitrogens with two attached hydrogens (primary N) is 1. The van der Waals surface area contributed by atoms with Gasteiger partial charge in [0.25, 0.3) is 0 Å². The lowest BCUT2D eigenvalue weighted by Gasteiger charge is -2.45. The van der Waals surface area contributed by atoms with E-state index in [0.717, 1.165) is 25.1 Å². The van der Waals surface area contributed by atoms with Gasteiger partial charge in [-0.3, -0.25) is 16.2 Å². The van der Waals surface area contributed by atoms with Crippen molar-refractivity contribution in [2.24, 2.45) is 5.84 Å². The Kier molecular flexibility index (Phi) is 5.60. The SMILES string of the molecule is CC(C)(C(Cc1ccc(F)c(Cl)c1)NN)N1CCCCC1. The topological polar surface area (TPSA) is 41.3 Å². The fraction of sp³-hybridized carbons (Fsp3) is 0.625. The summed E-state index contributed by atoms with van der Waals surface area (Å²) in [6.45, 7) is 6.65. The van der Waals surface area contributed by atoms with Crippen molar-refractivity contribution in [2.75, 3.05) is 13.1 Å². The van der Waals surface area contributed by atoms with Gasteiger partial charge in [0, 0.05) is 11.6 Å². The van der Waals surface area contributed by atoms with Crippen molar-refractivity contribution in [3.8, 4) is 0 Å². The fourth-order valence-electron chi connectivity index (χ4n) is 3.11. The van der Waals surface area contributed by atoms with Crippen molar-refractivity contribution in [3.63, 3.8) is 0 Å². The second kappa shape index (κ2) is 7.05. The largest absolute Gasteiger partial charge is 0.297 e. The van der Waals surface area contributed by atoms with Crippen LogP contribution in [0.25, 0.3) is 0 Å². The van der Waals surface area contributed by atoms with Crippen molar-refractivity contribution in [1.82, 2.24) is 10.3 Å². The van der Waals surface area contributed by atoms with Crippen LogP contribution in [-0.4, -0.2) is 29.6 Å². The second-order valence-corrected chi connectivity index (χ2v) is 6.78. The number of halogens is 2. The molecule has 3 N–H and O–H groups in total. The normalized spacial score (nSPS) is 18.7. The van der Waals surface area contributed by atoms with Gasteiger partial charge in [0.1, 0.15) is 5.82 Å². The smallest absolute Gasteiger partial charge is 0.141 e. The summed E-state index contributed by atoms with van der Waals surface area (Å²) in [6, 6.07) is 4.96. The first-order valence-corrected chi connectivity index (χ1v) is 7.98. The van der Waals surface area contributed by atoms with Gasteiger partial charge in [0.2, 0.25) is 0 Å². The predicted molar refractivity (Wildman–Crippen MR) is 85.7 cm³/mol. The minimum atomic E-state index is -0.382. The van der Waals surface area contributed by atoms with Crippen LogP contribution in [0.15, 0.2) is 18.2 Å². The molecule has 1 aliphatic rings. The molecule has 21 heavy (non-hydrogen) atoms. The maximum atomic E-state index is 13.3. The van der Waals surface area contributed by atoms with E-state index in [1.165, 1.54) is 25.3 Å². The predicted octanol–water partition coefficient (Wildman–Crippen LogP) is 3.12. The van der Waals surface area contributed by atoms with Gasteiger partial charge in [0.05, 0.1) is 5.02 Å². The highest BCUT2D eigenvalue weighted by atomic mass is 35.5. The van der Waals surface area contributed by atoms with Gasteiger partial charge in [-0.1, -0.05) is 24.1 Å². The lowest BCUT2D eigenvalue weighted by atomic mass is 9.86. The molecule has 1 unspecified atom stereocenters. The van der Waals surface area contributed by atoms with E-state index in [0.29, 0.717) is 0 Å². The van der Waals surface area contributed by atoms with Crippen LogP contribution in [0.1, 0.15) is 38.7 Å². The van der Waals surface area contributed by atoms with Crippen LogP contribution < -0.4 is 11.3 Å². The number of hydrogen-bond acceptors (Lipinski definition) is 3. The Morgan fingerprint density at radius 2 is 2.00 bits per heavy atom. The van der Waals surface area contributed by atoms with Gasteiger partial charge in [-0.15, -0.1) is 0 Å². The van der Waals surface area contributed by atoms with Crippen LogP contribution in [0.3, 0.4) is 0 Å². The second-order valence-electron chi connectivity index (χ2n) is 6.37. The highest BCUT2D eigenvalue weighted by Crippen LogP contribution is 2.26. The number of likely N-dealkylation sites (tertiary alicyclic amines) is 1. The summed E-state index contributed by atoms with van der Waals surface area (Å²) in [5, 5.41) is 0.166. The molecule has 0 bridgehead atoms. The number of nitrogens with one attached hydrogen (secondary N) is 1. The molecular weight excluding hydrogens is 289 g/mol. The Morgan fingerprint density at radius 1 is 1.33 bits per heavy atom. The summed E-state index contributed by atoms with van der Waals surface area (Å²) in [6.07, 6.45) is 4.51. The minimum Gasteiger partial charge on any atom is -0.297 e. The average Bonchev–Trinajstić information content (AvgIpc) is 2.49. The van der Waals surface area contributed by atoms with E-state index in [1.807, 2.05) is 0 Å². The zero-order valence-electron chi connectivity index (χ0n) is 12.8. The molecule has 1 aliphatic heterocycles. The first kappa shape index (κ1) is 16.7. The van der Waals surface area contributed by atoms with Gasteiger partial charge in [-0.2, -0.15) is 0 Å². The monoisotopic (exact) mass is 313 g/mol. The van der Waals surface area contributed by atoms with Gasteiger partial charge in [0.15, 0.2) is 0 Å². The third kappa shape index (κ3) is 3.95. The van der Waals surface area contributed by atoms with Crippen molar-refractivity contribution >= 4 is 11.6 Å². The average molecular weight is 314 g/mol. The summed E-state index contributed by atoms with van der Waals surface area (Å²) < 4.78 is 13.3. The number of piperidine rings is 1. The van der Waals surface area contributed by atoms with E-state index in [9.17, 15) is 4.39 Å². The molecule has 0 aliphatic carbocycles. The molecule has 3 nitrogen and oxygen atoms in total. The van der Waals surface area contributed by atoms with Crippen LogP contribution in [0.4, 0.5) is 4.39 Å². The molecule has 1 atom stereocenters. The van der Waals surface area contributed by atoms with Crippen LogP contribution in [-0.2, 0) is 6.42 Å². The van der Waals surface area contributed by atoms with Crippen molar-refractivity contribution < 1.29 is 4.39 Å². The minimum absolute atomic E-state index is 0.0595. The number of hydrogen-bond donors (Lipinski definition) is 2. The van der Waals surface area contributed by atoms with Crippen LogP contribution in [0, 0.1) is 5.82 Å². The molecule has 1 heterocycles. The highest BCUT2D eigenvalue weighted by molar-refractivity contribution is 6.30. The molecule has 1 fully saturated rings. The number of hydrazine groups is 1. The number of benzene rings is 1. The van der Waals surface area contributed by atoms with Crippen LogP contribution in [0.2, 0.25) is 5.02 Å². The number of nitrogens with zero attached hydrogens (tertiary/aromatic N) is 1. The third-order valence-corrected chi connectivity index (χ3v) is 4.94. The Balaban J connectivity index is 2.12. The zero-order chi connectivity index (χ0) is 15.5. The standard InChI is InChI=1S/C16H25ClFN3/c1-16(2,21-8-4-3-5-9-21)15(20-19)11-12-6-7-14(18)13(17)10-12/h6-7,10,15,20H,3-5,8-9,11,19H2,1-2H3. The lowest BCUT2D eigenvalue weighted by Crippen LogP contribution is -2.61. The quantitative estimate of drug-likeness (QED) is 0.648. The van der Waals surface area contributed by atoms with E-state index >= 15 is 0 Å². The first-order valence-electron chi connectivity index (χ1n) is 7.60. The Bertz CT molecular complexity index is 473. The summed E-state index contributed by atoms with van der Waals surface area (Å²) in [5.74, 6) is 5.42. The van der Waals surface area contributed by atoms with Gasteiger partial charge >= 0.3 is 0 Å². The summed E-state index contributed by atoms with van der Waals surface area (Å²) in [7, 11) is 0. The van der Waals surface area contributed by atoms with E-state index in [4.69, 9.17) is 17.4 Å². The Morgan fingerprint density at radius 3 is 2.57 bits per heavy atom. The van der Waals surface area contributed by atoms with Gasteiger partial charge < -0.3 is 0 Å². The van der Waals surface area contributed by atoms with E-state index in [2.05, 4.69) is 24.2 Å². The Hall–Kier alpha value is -0.680. The van der Waals surface area contributed by atoms with E-state index < -0.39 is 0 Å². The molecule has 0 spiro atoms. The summed E-state index contributed by atoms with van der Waals surface area (Å²) in [5.41, 5.74) is 3.88. The molecule has 0 amide bonds. The van der Waals surface area contributed by atoms with E-state index in [-0.39, 0.29) is 22.4 Å². The maximum Gasteiger partial charge on any atom is 0.141 e. The molecular formula is C16H25ClFN3. The molecule has 0 aromatic heterocycles. The zero-order valence-corrected chi connectivity index (χ0v) is 13.6. The molecule has 0 radical (unpaired) electrons. The number of rotatable bonds is 5. The van der Waals surface area contributed by atoms with Gasteiger partial charge in [-0.05, 0) is 63.9 Å². The molecule has 5 heteroatoms. The van der Waals surface area contributed by atoms with Crippen LogP contribution >= 0.6 is 11.6 Å². The molecule has 1 saturated heterocycles. The molecule has 118 valence electrons. The lowest BCUT2D eigenvalue weighted by molar-refractivity contribution is 0.0611. The fourth-order valence-corrected chi connectivity index (χ4v) is 3.31. The third-order valence-electron chi connectivity index (χ3n) is 4.65. The molecule has 0 saturated carbocycles. The molecule has 2 rings (SSSR count). The van der Waals surface area contributed by atoms with Gasteiger partial charge in [-0.25, -0.2) is 4.39 Å². The van der Waals surface area contributed by atoms with Crippen LogP contribution in [0.5, 0.6) is 0 Å². The van der Waals surface area contributed by atoms with E-state index in [1.54, 1.807) is 12.1 Å². The highest BCUT2D eigenvalue weighted by Gasteiger charge is 2.35. The summed E-state index contributed by atoms with van der Waals surface area (Å²) in [4.78, 5) is 2.49. The maximum absolute atomic E-state index is 13.3. The Labute approximate surface area is 131 Å². The van der Waals surface area contributed by atoms with Crippen molar-refractivity contribution in [2.45, 2.75) is 51.1 Å². The molecule has 1 aromatic rings. The molecule has 1 aromatic carbocycles. The van der Waals surface area contributed by atoms with Crippen molar-refractivity contribution in [3.05, 3.63) is 34.6 Å².